The maximum absolute atomic E-state index is 11.6. The number of amides is 1. The van der Waals surface area contributed by atoms with Gasteiger partial charge < -0.3 is 15.8 Å². The highest BCUT2D eigenvalue weighted by Crippen LogP contribution is 2.04. The molecule has 0 saturated carbocycles. The van der Waals surface area contributed by atoms with Gasteiger partial charge in [0, 0.05) is 24.5 Å². The van der Waals surface area contributed by atoms with Crippen LogP contribution in [0.4, 0.5) is 0 Å². The fraction of sp³-hybridized carbons (Fsp3) is 0.462. The Hall–Kier alpha value is -2.08. The molecule has 7 heteroatoms. The predicted octanol–water partition coefficient (Wildman–Crippen LogP) is 1.13. The molecule has 0 aliphatic rings. The van der Waals surface area contributed by atoms with E-state index in [1.165, 1.54) is 0 Å². The molecule has 0 aromatic heterocycles. The molecule has 0 unspecified atom stereocenters. The van der Waals surface area contributed by atoms with E-state index >= 15 is 0 Å². The number of nitrogens with zero attached hydrogens (tertiary/aromatic N) is 3. The van der Waals surface area contributed by atoms with E-state index in [4.69, 9.17) is 16.0 Å². The zero-order valence-electron chi connectivity index (χ0n) is 11.3. The van der Waals surface area contributed by atoms with Crippen molar-refractivity contribution < 1.29 is 9.53 Å². The van der Waals surface area contributed by atoms with Crippen molar-refractivity contribution in [1.29, 1.82) is 0 Å². The molecule has 0 radical (unpaired) electrons. The first-order chi connectivity index (χ1) is 9.76. The number of hydrogen-bond donors (Lipinski definition) is 2. The van der Waals surface area contributed by atoms with Crippen LogP contribution in [0.5, 0.6) is 0 Å². The third-order valence-corrected chi connectivity index (χ3v) is 2.59. The van der Waals surface area contributed by atoms with Gasteiger partial charge in [-0.15, -0.1) is 0 Å². The van der Waals surface area contributed by atoms with Crippen LogP contribution < -0.4 is 11.1 Å². The lowest BCUT2D eigenvalue weighted by molar-refractivity contribution is -0.120. The SMILES string of the molecule is [N-]=[N+]=NCCOCCNC(=O)Cc1ccc(CN)cc1. The van der Waals surface area contributed by atoms with Crippen LogP contribution in [0, 0.1) is 0 Å². The van der Waals surface area contributed by atoms with Crippen molar-refractivity contribution in [2.24, 2.45) is 10.8 Å². The van der Waals surface area contributed by atoms with E-state index in [1.807, 2.05) is 24.3 Å². The zero-order valence-corrected chi connectivity index (χ0v) is 11.3. The molecule has 0 aliphatic heterocycles. The summed E-state index contributed by atoms with van der Waals surface area (Å²) in [6, 6.07) is 7.64. The number of rotatable bonds is 9. The molecule has 1 rings (SSSR count). The van der Waals surface area contributed by atoms with Gasteiger partial charge in [-0.3, -0.25) is 4.79 Å². The second-order valence-electron chi connectivity index (χ2n) is 4.11. The summed E-state index contributed by atoms with van der Waals surface area (Å²) in [5.74, 6) is -0.0517. The Morgan fingerprint density at radius 3 is 2.65 bits per heavy atom. The summed E-state index contributed by atoms with van der Waals surface area (Å²) in [4.78, 5) is 14.3. The van der Waals surface area contributed by atoms with Crippen molar-refractivity contribution in [1.82, 2.24) is 5.32 Å². The summed E-state index contributed by atoms with van der Waals surface area (Å²) in [7, 11) is 0. The molecule has 0 spiro atoms. The Labute approximate surface area is 117 Å². The largest absolute Gasteiger partial charge is 0.379 e. The minimum absolute atomic E-state index is 0.0517. The lowest BCUT2D eigenvalue weighted by Gasteiger charge is -2.06. The maximum atomic E-state index is 11.6. The number of hydrogen-bond acceptors (Lipinski definition) is 4. The molecule has 0 fully saturated rings. The third-order valence-electron chi connectivity index (χ3n) is 2.59. The number of carbonyl (C=O) groups excluding carboxylic acids is 1. The second kappa shape index (κ2) is 9.80. The fourth-order valence-corrected chi connectivity index (χ4v) is 1.56. The Morgan fingerprint density at radius 1 is 1.30 bits per heavy atom. The van der Waals surface area contributed by atoms with Gasteiger partial charge in [-0.25, -0.2) is 0 Å². The van der Waals surface area contributed by atoms with Crippen molar-refractivity contribution in [3.63, 3.8) is 0 Å². The van der Waals surface area contributed by atoms with Gasteiger partial charge in [-0.2, -0.15) is 0 Å². The smallest absolute Gasteiger partial charge is 0.224 e. The van der Waals surface area contributed by atoms with E-state index in [-0.39, 0.29) is 5.91 Å². The first-order valence-corrected chi connectivity index (χ1v) is 6.39. The molecule has 7 nitrogen and oxygen atoms in total. The number of nitrogens with two attached hydrogens (primary N) is 1. The average molecular weight is 277 g/mol. The highest BCUT2D eigenvalue weighted by molar-refractivity contribution is 5.78. The van der Waals surface area contributed by atoms with Gasteiger partial charge in [0.1, 0.15) is 0 Å². The molecule has 1 aromatic rings. The quantitative estimate of drug-likeness (QED) is 0.305. The second-order valence-corrected chi connectivity index (χ2v) is 4.11. The molecule has 0 saturated heterocycles. The minimum atomic E-state index is -0.0517. The molecule has 0 aliphatic carbocycles. The van der Waals surface area contributed by atoms with Crippen LogP contribution in [-0.4, -0.2) is 32.2 Å². The summed E-state index contributed by atoms with van der Waals surface area (Å²) in [5, 5.41) is 6.09. The number of ether oxygens (including phenoxy) is 1. The van der Waals surface area contributed by atoms with Crippen LogP contribution in [0.3, 0.4) is 0 Å². The van der Waals surface area contributed by atoms with E-state index in [0.717, 1.165) is 11.1 Å². The summed E-state index contributed by atoms with van der Waals surface area (Å²) in [5.41, 5.74) is 15.6. The standard InChI is InChI=1S/C13H19N5O2/c14-10-12-3-1-11(2-4-12)9-13(19)16-5-7-20-8-6-17-18-15/h1-4H,5-10,14H2,(H,16,19). The van der Waals surface area contributed by atoms with Crippen molar-refractivity contribution >= 4 is 5.91 Å². The van der Waals surface area contributed by atoms with Gasteiger partial charge in [0.25, 0.3) is 0 Å². The van der Waals surface area contributed by atoms with Crippen LogP contribution in [0.15, 0.2) is 29.4 Å². The maximum Gasteiger partial charge on any atom is 0.224 e. The van der Waals surface area contributed by atoms with E-state index in [1.54, 1.807) is 0 Å². The van der Waals surface area contributed by atoms with E-state index in [2.05, 4.69) is 15.3 Å². The lowest BCUT2D eigenvalue weighted by Crippen LogP contribution is -2.28. The molecule has 108 valence electrons. The lowest BCUT2D eigenvalue weighted by atomic mass is 10.1. The van der Waals surface area contributed by atoms with E-state index in [9.17, 15) is 4.79 Å². The Bertz CT molecular complexity index is 454. The summed E-state index contributed by atoms with van der Waals surface area (Å²) in [6.45, 7) is 2.01. The fourth-order valence-electron chi connectivity index (χ4n) is 1.56. The average Bonchev–Trinajstić information content (AvgIpc) is 2.47. The Kier molecular flexibility index (Phi) is 7.83. The van der Waals surface area contributed by atoms with Gasteiger partial charge in [0.05, 0.1) is 19.6 Å². The molecule has 20 heavy (non-hydrogen) atoms. The molecular formula is C13H19N5O2. The highest BCUT2D eigenvalue weighted by atomic mass is 16.5. The van der Waals surface area contributed by atoms with Gasteiger partial charge in [0.15, 0.2) is 0 Å². The zero-order chi connectivity index (χ0) is 14.6. The first-order valence-electron chi connectivity index (χ1n) is 6.39. The topological polar surface area (TPSA) is 113 Å². The van der Waals surface area contributed by atoms with Crippen LogP contribution in [0.2, 0.25) is 0 Å². The number of azide groups is 1. The van der Waals surface area contributed by atoms with E-state index < -0.39 is 0 Å². The molecular weight excluding hydrogens is 258 g/mol. The predicted molar refractivity (Wildman–Crippen MR) is 75.9 cm³/mol. The van der Waals surface area contributed by atoms with Crippen molar-refractivity contribution in [2.45, 2.75) is 13.0 Å². The van der Waals surface area contributed by atoms with Gasteiger partial charge in [-0.1, -0.05) is 29.4 Å². The molecule has 1 aromatic carbocycles. The molecule has 1 amide bonds. The Morgan fingerprint density at radius 2 is 2.00 bits per heavy atom. The number of benzene rings is 1. The van der Waals surface area contributed by atoms with Crippen LogP contribution in [0.25, 0.3) is 10.4 Å². The Balaban J connectivity index is 2.14. The van der Waals surface area contributed by atoms with Crippen LogP contribution >= 0.6 is 0 Å². The molecule has 0 atom stereocenters. The molecule has 0 bridgehead atoms. The summed E-state index contributed by atoms with van der Waals surface area (Å²) < 4.78 is 5.17. The van der Waals surface area contributed by atoms with Gasteiger partial charge >= 0.3 is 0 Å². The van der Waals surface area contributed by atoms with Gasteiger partial charge in [0.2, 0.25) is 5.91 Å². The molecule has 0 heterocycles. The van der Waals surface area contributed by atoms with Crippen LogP contribution in [-0.2, 0) is 22.5 Å². The van der Waals surface area contributed by atoms with E-state index in [0.29, 0.717) is 39.3 Å². The molecule has 3 N–H and O–H groups in total. The summed E-state index contributed by atoms with van der Waals surface area (Å²) in [6.07, 6.45) is 0.337. The van der Waals surface area contributed by atoms with Gasteiger partial charge in [-0.05, 0) is 16.7 Å². The monoisotopic (exact) mass is 277 g/mol. The normalized spacial score (nSPS) is 9.85. The first kappa shape index (κ1) is 16.0. The van der Waals surface area contributed by atoms with Crippen LogP contribution in [0.1, 0.15) is 11.1 Å². The number of carbonyl (C=O) groups is 1. The number of nitrogens with one attached hydrogen (secondary N) is 1. The van der Waals surface area contributed by atoms with Crippen molar-refractivity contribution in [2.75, 3.05) is 26.3 Å². The van der Waals surface area contributed by atoms with Crippen molar-refractivity contribution in [3.8, 4) is 0 Å². The minimum Gasteiger partial charge on any atom is -0.379 e. The van der Waals surface area contributed by atoms with Crippen molar-refractivity contribution in [3.05, 3.63) is 45.8 Å². The summed E-state index contributed by atoms with van der Waals surface area (Å²) >= 11 is 0. The third kappa shape index (κ3) is 6.75. The highest BCUT2D eigenvalue weighted by Gasteiger charge is 2.02.